The van der Waals surface area contributed by atoms with Gasteiger partial charge in [0.2, 0.25) is 0 Å². The smallest absolute Gasteiger partial charge is 0.416 e. The fraction of sp³-hybridized carbons (Fsp3) is 0.275. The van der Waals surface area contributed by atoms with E-state index in [0.29, 0.717) is 28.9 Å². The van der Waals surface area contributed by atoms with Crippen LogP contribution in [0.3, 0.4) is 0 Å². The number of hydrogen-bond acceptors (Lipinski definition) is 3. The lowest BCUT2D eigenvalue weighted by Crippen LogP contribution is -2.40. The second-order valence-corrected chi connectivity index (χ2v) is 12.7. The van der Waals surface area contributed by atoms with Gasteiger partial charge in [0.15, 0.2) is 0 Å². The van der Waals surface area contributed by atoms with Crippen molar-refractivity contribution >= 4 is 16.7 Å². The van der Waals surface area contributed by atoms with Crippen LogP contribution in [0.15, 0.2) is 109 Å². The van der Waals surface area contributed by atoms with Crippen LogP contribution in [0.1, 0.15) is 52.7 Å². The molecule has 5 aromatic carbocycles. The normalized spacial score (nSPS) is 19.8. The van der Waals surface area contributed by atoms with E-state index in [1.165, 1.54) is 36.1 Å². The SMILES string of the molecule is CCOC(=O)c1cc(-c2ccc(C3C4CCC3CN(Cc3ccccc3)C4)cc2)c2ccc(-c3ccc(C(F)(F)F)cc3)cc2c1. The molecule has 2 fully saturated rings. The third kappa shape index (κ3) is 6.06. The molecule has 5 aromatic rings. The van der Waals surface area contributed by atoms with E-state index in [1.54, 1.807) is 13.0 Å². The molecule has 1 aliphatic heterocycles. The number of esters is 1. The number of nitrogens with zero attached hydrogens (tertiary/aromatic N) is 1. The molecule has 0 N–H and O–H groups in total. The molecule has 2 atom stereocenters. The van der Waals surface area contributed by atoms with Crippen LogP contribution >= 0.6 is 0 Å². The van der Waals surface area contributed by atoms with Gasteiger partial charge in [0.1, 0.15) is 0 Å². The number of alkyl halides is 3. The van der Waals surface area contributed by atoms with Gasteiger partial charge in [-0.15, -0.1) is 0 Å². The van der Waals surface area contributed by atoms with Crippen LogP contribution in [0.5, 0.6) is 0 Å². The van der Waals surface area contributed by atoms with E-state index in [-0.39, 0.29) is 6.61 Å². The van der Waals surface area contributed by atoms with Crippen LogP contribution < -0.4 is 0 Å². The van der Waals surface area contributed by atoms with Crippen molar-refractivity contribution in [3.8, 4) is 22.3 Å². The Bertz CT molecular complexity index is 1840. The van der Waals surface area contributed by atoms with E-state index in [1.807, 2.05) is 24.3 Å². The molecule has 1 aliphatic carbocycles. The van der Waals surface area contributed by atoms with Gasteiger partial charge in [0, 0.05) is 19.6 Å². The summed E-state index contributed by atoms with van der Waals surface area (Å²) in [5.41, 5.74) is 5.90. The summed E-state index contributed by atoms with van der Waals surface area (Å²) in [4.78, 5) is 15.5. The highest BCUT2D eigenvalue weighted by atomic mass is 19.4. The van der Waals surface area contributed by atoms with Gasteiger partial charge in [-0.25, -0.2) is 4.79 Å². The lowest BCUT2D eigenvalue weighted by Gasteiger charge is -2.38. The highest BCUT2D eigenvalue weighted by Crippen LogP contribution is 2.48. The topological polar surface area (TPSA) is 29.5 Å². The standard InChI is InChI=1S/C40H36F3NO2/c1-2-46-39(45)34-21-33-20-30(27-14-17-35(18-15-27)40(41,42)43)16-19-36(33)37(22-34)28-8-10-29(11-9-28)38-31-12-13-32(38)25-44(24-31)23-26-6-4-3-5-7-26/h3-11,14-22,31-32,38H,2,12-13,23-25H2,1H3. The van der Waals surface area contributed by atoms with Crippen molar-refractivity contribution in [3.63, 3.8) is 0 Å². The van der Waals surface area contributed by atoms with E-state index in [0.717, 1.165) is 59.2 Å². The van der Waals surface area contributed by atoms with Crippen LogP contribution in [-0.4, -0.2) is 30.6 Å². The predicted molar refractivity (Wildman–Crippen MR) is 176 cm³/mol. The Morgan fingerprint density at radius 3 is 2.09 bits per heavy atom. The van der Waals surface area contributed by atoms with Crippen LogP contribution in [0.25, 0.3) is 33.0 Å². The summed E-state index contributed by atoms with van der Waals surface area (Å²) in [6, 6.07) is 34.3. The summed E-state index contributed by atoms with van der Waals surface area (Å²) < 4.78 is 44.8. The predicted octanol–water partition coefficient (Wildman–Crippen LogP) is 9.99. The van der Waals surface area contributed by atoms with Gasteiger partial charge in [0.25, 0.3) is 0 Å². The molecule has 0 radical (unpaired) electrons. The average Bonchev–Trinajstić information content (AvgIpc) is 3.33. The third-order valence-electron chi connectivity index (χ3n) is 9.77. The molecule has 2 aliphatic rings. The molecule has 46 heavy (non-hydrogen) atoms. The Balaban J connectivity index is 1.18. The second kappa shape index (κ2) is 12.4. The van der Waals surface area contributed by atoms with Gasteiger partial charge < -0.3 is 4.74 Å². The number of likely N-dealkylation sites (tertiary alicyclic amines) is 1. The fourth-order valence-corrected chi connectivity index (χ4v) is 7.69. The van der Waals surface area contributed by atoms with Crippen molar-refractivity contribution in [2.75, 3.05) is 19.7 Å². The summed E-state index contributed by atoms with van der Waals surface area (Å²) in [5, 5.41) is 1.79. The second-order valence-electron chi connectivity index (χ2n) is 12.7. The Morgan fingerprint density at radius 1 is 0.783 bits per heavy atom. The van der Waals surface area contributed by atoms with Crippen LogP contribution in [0, 0.1) is 11.8 Å². The average molecular weight is 620 g/mol. The van der Waals surface area contributed by atoms with Crippen molar-refractivity contribution in [2.24, 2.45) is 11.8 Å². The minimum Gasteiger partial charge on any atom is -0.462 e. The zero-order valence-corrected chi connectivity index (χ0v) is 25.8. The van der Waals surface area contributed by atoms with Gasteiger partial charge >= 0.3 is 12.1 Å². The largest absolute Gasteiger partial charge is 0.462 e. The number of rotatable bonds is 7. The van der Waals surface area contributed by atoms with Gasteiger partial charge in [-0.1, -0.05) is 78.9 Å². The van der Waals surface area contributed by atoms with Gasteiger partial charge in [-0.3, -0.25) is 4.90 Å². The Morgan fingerprint density at radius 2 is 1.43 bits per heavy atom. The molecule has 0 spiro atoms. The van der Waals surface area contributed by atoms with E-state index in [9.17, 15) is 18.0 Å². The maximum absolute atomic E-state index is 13.1. The minimum atomic E-state index is -4.39. The van der Waals surface area contributed by atoms with Crippen molar-refractivity contribution < 1.29 is 22.7 Å². The molecule has 1 saturated heterocycles. The minimum absolute atomic E-state index is 0.263. The van der Waals surface area contributed by atoms with Crippen molar-refractivity contribution in [1.29, 1.82) is 0 Å². The van der Waals surface area contributed by atoms with Crippen LogP contribution in [0.4, 0.5) is 13.2 Å². The Labute approximate surface area is 267 Å². The number of ether oxygens (including phenoxy) is 1. The van der Waals surface area contributed by atoms with Crippen molar-refractivity contribution in [2.45, 2.75) is 38.4 Å². The molecular weight excluding hydrogens is 583 g/mol. The molecule has 1 saturated carbocycles. The molecule has 0 amide bonds. The Hall–Kier alpha value is -4.42. The van der Waals surface area contributed by atoms with Gasteiger partial charge in [0.05, 0.1) is 17.7 Å². The molecule has 7 rings (SSSR count). The van der Waals surface area contributed by atoms with Crippen molar-refractivity contribution in [1.82, 2.24) is 4.90 Å². The monoisotopic (exact) mass is 619 g/mol. The van der Waals surface area contributed by atoms with E-state index in [2.05, 4.69) is 59.5 Å². The number of carbonyl (C=O) groups excluding carboxylic acids is 1. The number of hydrogen-bond donors (Lipinski definition) is 0. The maximum atomic E-state index is 13.1. The molecule has 2 unspecified atom stereocenters. The van der Waals surface area contributed by atoms with Crippen molar-refractivity contribution in [3.05, 3.63) is 131 Å². The number of fused-ring (bicyclic) bond motifs is 3. The molecule has 3 nitrogen and oxygen atoms in total. The van der Waals surface area contributed by atoms with Crippen LogP contribution in [0.2, 0.25) is 0 Å². The first-order chi connectivity index (χ1) is 22.3. The lowest BCUT2D eigenvalue weighted by molar-refractivity contribution is -0.137. The summed E-state index contributed by atoms with van der Waals surface area (Å²) in [7, 11) is 0. The van der Waals surface area contributed by atoms with E-state index < -0.39 is 17.7 Å². The quantitative estimate of drug-likeness (QED) is 0.170. The first-order valence-corrected chi connectivity index (χ1v) is 16.1. The maximum Gasteiger partial charge on any atom is 0.416 e. The van der Waals surface area contributed by atoms with Gasteiger partial charge in [-0.05, 0) is 112 Å². The zero-order valence-electron chi connectivity index (χ0n) is 25.8. The molecule has 0 aromatic heterocycles. The number of halogens is 3. The number of carbonyl (C=O) groups is 1. The highest BCUT2D eigenvalue weighted by Gasteiger charge is 2.42. The Kier molecular flexibility index (Phi) is 8.16. The molecule has 234 valence electrons. The molecule has 1 heterocycles. The molecular formula is C40H36F3NO2. The molecule has 2 bridgehead atoms. The van der Waals surface area contributed by atoms with Gasteiger partial charge in [-0.2, -0.15) is 13.2 Å². The highest BCUT2D eigenvalue weighted by molar-refractivity contribution is 6.04. The first kappa shape index (κ1) is 30.2. The number of piperidine rings is 1. The zero-order chi connectivity index (χ0) is 31.8. The summed E-state index contributed by atoms with van der Waals surface area (Å²) >= 11 is 0. The summed E-state index contributed by atoms with van der Waals surface area (Å²) in [5.74, 6) is 1.44. The number of benzene rings is 5. The lowest BCUT2D eigenvalue weighted by atomic mass is 9.79. The van der Waals surface area contributed by atoms with E-state index in [4.69, 9.17) is 4.74 Å². The first-order valence-electron chi connectivity index (χ1n) is 16.1. The summed E-state index contributed by atoms with van der Waals surface area (Å²) in [6.45, 7) is 5.28. The molecule has 6 heteroatoms. The van der Waals surface area contributed by atoms with E-state index >= 15 is 0 Å². The van der Waals surface area contributed by atoms with Crippen LogP contribution in [-0.2, 0) is 17.5 Å². The fourth-order valence-electron chi connectivity index (χ4n) is 7.69. The third-order valence-corrected chi connectivity index (χ3v) is 9.77. The summed E-state index contributed by atoms with van der Waals surface area (Å²) in [6.07, 6.45) is -1.87.